The summed E-state index contributed by atoms with van der Waals surface area (Å²) in [6.45, 7) is 0. The molecule has 12 aromatic rings. The number of hydrogen-bond donors (Lipinski definition) is 0. The van der Waals surface area contributed by atoms with E-state index in [-0.39, 0.29) is 0 Å². The third-order valence-electron chi connectivity index (χ3n) is 13.4. The number of pyridine rings is 1. The molecule has 0 atom stereocenters. The molecular weight excluding hydrogens is 797 g/mol. The number of furan rings is 1. The van der Waals surface area contributed by atoms with Gasteiger partial charge in [-0.2, -0.15) is 0 Å². The molecule has 0 radical (unpaired) electrons. The zero-order chi connectivity index (χ0) is 42.6. The maximum Gasteiger partial charge on any atom is 0.164 e. The molecular formula is C59H34N4O2. The highest BCUT2D eigenvalue weighted by molar-refractivity contribution is 6.16. The van der Waals surface area contributed by atoms with Crippen molar-refractivity contribution in [2.75, 3.05) is 0 Å². The van der Waals surface area contributed by atoms with Crippen LogP contribution in [0.2, 0.25) is 0 Å². The number of hydrogen-bond acceptors (Lipinski definition) is 6. The molecule has 3 aromatic heterocycles. The second-order valence-corrected chi connectivity index (χ2v) is 16.8. The van der Waals surface area contributed by atoms with Gasteiger partial charge in [0.15, 0.2) is 17.5 Å². The van der Waals surface area contributed by atoms with Crippen LogP contribution in [0.3, 0.4) is 0 Å². The summed E-state index contributed by atoms with van der Waals surface area (Å²) in [5, 5.41) is 4.97. The number of ether oxygens (including phenoxy) is 1. The predicted molar refractivity (Wildman–Crippen MR) is 259 cm³/mol. The molecule has 1 aliphatic carbocycles. The molecule has 0 N–H and O–H groups in total. The van der Waals surface area contributed by atoms with Crippen LogP contribution in [-0.2, 0) is 5.41 Å². The summed E-state index contributed by atoms with van der Waals surface area (Å²) in [6.07, 6.45) is 0. The minimum atomic E-state index is -0.605. The monoisotopic (exact) mass is 830 g/mol. The van der Waals surface area contributed by atoms with Crippen LogP contribution in [0, 0.1) is 0 Å². The quantitative estimate of drug-likeness (QED) is 0.165. The summed E-state index contributed by atoms with van der Waals surface area (Å²) in [6, 6.07) is 71.8. The third-order valence-corrected chi connectivity index (χ3v) is 13.4. The molecule has 2 aliphatic rings. The fourth-order valence-corrected chi connectivity index (χ4v) is 10.7. The van der Waals surface area contributed by atoms with Crippen molar-refractivity contribution in [1.82, 2.24) is 19.9 Å². The van der Waals surface area contributed by atoms with Crippen LogP contribution < -0.4 is 4.74 Å². The zero-order valence-corrected chi connectivity index (χ0v) is 34.7. The fourth-order valence-electron chi connectivity index (χ4n) is 10.7. The Bertz CT molecular complexity index is 3890. The molecule has 65 heavy (non-hydrogen) atoms. The summed E-state index contributed by atoms with van der Waals surface area (Å²) < 4.78 is 13.6. The number of fused-ring (bicyclic) bond motifs is 16. The topological polar surface area (TPSA) is 73.9 Å². The number of aromatic nitrogens is 4. The van der Waals surface area contributed by atoms with Gasteiger partial charge in [0.05, 0.1) is 16.6 Å². The molecule has 0 saturated heterocycles. The van der Waals surface area contributed by atoms with Gasteiger partial charge in [-0.15, -0.1) is 0 Å². The lowest BCUT2D eigenvalue weighted by Gasteiger charge is -2.40. The van der Waals surface area contributed by atoms with E-state index in [0.717, 1.165) is 94.2 Å². The van der Waals surface area contributed by atoms with Crippen molar-refractivity contribution in [2.24, 2.45) is 0 Å². The van der Waals surface area contributed by atoms with Crippen molar-refractivity contribution in [3.63, 3.8) is 0 Å². The first kappa shape index (κ1) is 35.8. The first-order chi connectivity index (χ1) is 32.2. The van der Waals surface area contributed by atoms with Gasteiger partial charge in [0.1, 0.15) is 22.7 Å². The molecule has 302 valence electrons. The van der Waals surface area contributed by atoms with E-state index in [4.69, 9.17) is 29.1 Å². The lowest BCUT2D eigenvalue weighted by molar-refractivity contribution is 0.442. The summed E-state index contributed by atoms with van der Waals surface area (Å²) in [4.78, 5) is 21.1. The van der Waals surface area contributed by atoms with E-state index in [1.165, 1.54) is 22.3 Å². The fraction of sp³-hybridized carbons (Fsp3) is 0.0169. The maximum absolute atomic E-state index is 7.24. The standard InChI is InChI=1S/C59H34N4O2/c1-3-16-35(17-4-1)54-42-32-33-47-55(65-50-28-14-12-26-46(50)59(47)44-24-10-7-20-38(44)39-21-8-11-25-45(39)59)53(42)40-31-30-37(34-48(40)60-54)57-61-56(36-18-5-2-6-19-36)62-58(63-57)43-23-15-29-51-52(43)41-22-9-13-27-49(41)64-51/h1-34H. The van der Waals surface area contributed by atoms with Gasteiger partial charge >= 0.3 is 0 Å². The van der Waals surface area contributed by atoms with E-state index >= 15 is 0 Å². The molecule has 9 aromatic carbocycles. The van der Waals surface area contributed by atoms with Crippen LogP contribution in [0.5, 0.6) is 11.5 Å². The minimum absolute atomic E-state index is 0.544. The SMILES string of the molecule is c1ccc(-c2nc(-c3ccc4c(c3)nc(-c3ccccc3)c3ccc5c(c34)Oc3ccccc3C53c4ccccc4-c4ccccc43)nc(-c3cccc4oc5ccccc5c34)n2)cc1. The van der Waals surface area contributed by atoms with Crippen LogP contribution in [0.25, 0.3) is 100 Å². The normalized spacial score (nSPS) is 13.2. The molecule has 14 rings (SSSR count). The summed E-state index contributed by atoms with van der Waals surface area (Å²) in [7, 11) is 0. The molecule has 1 spiro atoms. The second-order valence-electron chi connectivity index (χ2n) is 16.8. The molecule has 0 saturated carbocycles. The van der Waals surface area contributed by atoms with Gasteiger partial charge in [0, 0.05) is 60.3 Å². The van der Waals surface area contributed by atoms with E-state index < -0.39 is 5.41 Å². The molecule has 0 unspecified atom stereocenters. The van der Waals surface area contributed by atoms with Gasteiger partial charge in [0.2, 0.25) is 0 Å². The van der Waals surface area contributed by atoms with Crippen LogP contribution in [0.1, 0.15) is 22.3 Å². The number of nitrogens with zero attached hydrogens (tertiary/aromatic N) is 4. The van der Waals surface area contributed by atoms with E-state index in [9.17, 15) is 0 Å². The Labute approximate surface area is 373 Å². The predicted octanol–water partition coefficient (Wildman–Crippen LogP) is 14.6. The molecule has 4 heterocycles. The van der Waals surface area contributed by atoms with Crippen molar-refractivity contribution < 1.29 is 9.15 Å². The Morgan fingerprint density at radius 2 is 0.954 bits per heavy atom. The van der Waals surface area contributed by atoms with E-state index in [1.807, 2.05) is 66.7 Å². The van der Waals surface area contributed by atoms with Crippen LogP contribution in [-0.4, -0.2) is 19.9 Å². The summed E-state index contributed by atoms with van der Waals surface area (Å²) in [5.74, 6) is 3.36. The Balaban J connectivity index is 1.05. The number of para-hydroxylation sites is 2. The van der Waals surface area contributed by atoms with Gasteiger partial charge in [-0.25, -0.2) is 19.9 Å². The van der Waals surface area contributed by atoms with Gasteiger partial charge in [-0.1, -0.05) is 182 Å². The second kappa shape index (κ2) is 13.6. The smallest absolute Gasteiger partial charge is 0.164 e. The van der Waals surface area contributed by atoms with Gasteiger partial charge in [-0.3, -0.25) is 0 Å². The maximum atomic E-state index is 7.24. The van der Waals surface area contributed by atoms with E-state index in [2.05, 4.69) is 140 Å². The van der Waals surface area contributed by atoms with E-state index in [0.29, 0.717) is 17.5 Å². The largest absolute Gasteiger partial charge is 0.456 e. The third kappa shape index (κ3) is 5.10. The summed E-state index contributed by atoms with van der Waals surface area (Å²) >= 11 is 0. The molecule has 1 aliphatic heterocycles. The number of rotatable bonds is 4. The van der Waals surface area contributed by atoms with Crippen LogP contribution >= 0.6 is 0 Å². The lowest BCUT2D eigenvalue weighted by atomic mass is 9.65. The highest BCUT2D eigenvalue weighted by atomic mass is 16.5. The first-order valence-electron chi connectivity index (χ1n) is 21.9. The van der Waals surface area contributed by atoms with Crippen LogP contribution in [0.15, 0.2) is 211 Å². The molecule has 6 heteroatoms. The molecule has 6 nitrogen and oxygen atoms in total. The highest BCUT2D eigenvalue weighted by Gasteiger charge is 2.51. The molecule has 0 amide bonds. The average molecular weight is 831 g/mol. The van der Waals surface area contributed by atoms with Crippen molar-refractivity contribution in [1.29, 1.82) is 0 Å². The molecule has 0 fully saturated rings. The van der Waals surface area contributed by atoms with Crippen molar-refractivity contribution in [3.8, 4) is 68.0 Å². The Hall–Kier alpha value is -8.74. The zero-order valence-electron chi connectivity index (χ0n) is 34.7. The Morgan fingerprint density at radius 3 is 1.74 bits per heavy atom. The van der Waals surface area contributed by atoms with Crippen molar-refractivity contribution in [3.05, 3.63) is 229 Å². The number of benzene rings is 9. The lowest BCUT2D eigenvalue weighted by Crippen LogP contribution is -2.32. The van der Waals surface area contributed by atoms with Gasteiger partial charge < -0.3 is 9.15 Å². The molecule has 0 bridgehead atoms. The average Bonchev–Trinajstić information content (AvgIpc) is 3.90. The van der Waals surface area contributed by atoms with E-state index in [1.54, 1.807) is 0 Å². The van der Waals surface area contributed by atoms with Crippen molar-refractivity contribution >= 4 is 43.6 Å². The van der Waals surface area contributed by atoms with Crippen molar-refractivity contribution in [2.45, 2.75) is 5.41 Å². The van der Waals surface area contributed by atoms with Crippen LogP contribution in [0.4, 0.5) is 0 Å². The Kier molecular flexibility index (Phi) is 7.51. The minimum Gasteiger partial charge on any atom is -0.456 e. The highest BCUT2D eigenvalue weighted by Crippen LogP contribution is 2.63. The summed E-state index contributed by atoms with van der Waals surface area (Å²) in [5.41, 5.74) is 13.5. The van der Waals surface area contributed by atoms with Gasteiger partial charge in [-0.05, 0) is 46.5 Å². The van der Waals surface area contributed by atoms with Gasteiger partial charge in [0.25, 0.3) is 0 Å². The first-order valence-corrected chi connectivity index (χ1v) is 21.9. The Morgan fingerprint density at radius 1 is 0.354 bits per heavy atom.